The number of thiazole rings is 1. The van der Waals surface area contributed by atoms with E-state index in [1.165, 1.54) is 5.56 Å². The minimum absolute atomic E-state index is 0.00706. The molecule has 1 aliphatic rings. The Balaban J connectivity index is 1.67. The molecule has 1 aliphatic heterocycles. The van der Waals surface area contributed by atoms with Gasteiger partial charge in [-0.3, -0.25) is 14.6 Å². The number of benzene rings is 2. The average molecular weight is 410 g/mol. The Morgan fingerprint density at radius 3 is 2.45 bits per heavy atom. The first-order valence-corrected chi connectivity index (χ1v) is 10.9. The third-order valence-corrected chi connectivity index (χ3v) is 6.66. The fourth-order valence-corrected chi connectivity index (χ4v) is 4.70. The normalized spacial score (nSPS) is 15.0. The predicted molar refractivity (Wildman–Crippen MR) is 119 cm³/mol. The van der Waals surface area contributed by atoms with Crippen molar-refractivity contribution in [2.24, 2.45) is 0 Å². The molecule has 1 saturated heterocycles. The van der Waals surface area contributed by atoms with Crippen molar-refractivity contribution in [3.63, 3.8) is 0 Å². The van der Waals surface area contributed by atoms with Crippen molar-refractivity contribution in [3.05, 3.63) is 58.7 Å². The van der Waals surface area contributed by atoms with E-state index in [0.29, 0.717) is 12.1 Å². The Labute approximate surface area is 175 Å². The monoisotopic (exact) mass is 409 g/mol. The first-order valence-electron chi connectivity index (χ1n) is 10.1. The number of ether oxygens (including phenoxy) is 1. The molecule has 6 heteroatoms. The molecule has 0 atom stereocenters. The van der Waals surface area contributed by atoms with Gasteiger partial charge in [-0.15, -0.1) is 0 Å². The van der Waals surface area contributed by atoms with Gasteiger partial charge in [-0.25, -0.2) is 4.98 Å². The molecule has 4 rings (SSSR count). The molecule has 0 saturated carbocycles. The highest BCUT2D eigenvalue weighted by atomic mass is 32.1. The molecular weight excluding hydrogens is 382 g/mol. The van der Waals surface area contributed by atoms with Crippen LogP contribution < -0.4 is 4.90 Å². The summed E-state index contributed by atoms with van der Waals surface area (Å²) in [5.41, 5.74) is 5.19. The van der Waals surface area contributed by atoms with Gasteiger partial charge in [0, 0.05) is 31.7 Å². The van der Waals surface area contributed by atoms with Crippen molar-refractivity contribution in [3.8, 4) is 0 Å². The summed E-state index contributed by atoms with van der Waals surface area (Å²) in [5.74, 6) is 0.00706. The molecule has 3 aromatic rings. The fourth-order valence-electron chi connectivity index (χ4n) is 3.57. The van der Waals surface area contributed by atoms with Gasteiger partial charge < -0.3 is 4.74 Å². The van der Waals surface area contributed by atoms with Crippen LogP contribution in [0.15, 0.2) is 36.4 Å². The highest BCUT2D eigenvalue weighted by molar-refractivity contribution is 7.22. The smallest absolute Gasteiger partial charge is 0.260 e. The Kier molecular flexibility index (Phi) is 5.94. The van der Waals surface area contributed by atoms with Crippen molar-refractivity contribution in [2.75, 3.05) is 44.3 Å². The second kappa shape index (κ2) is 8.61. The van der Waals surface area contributed by atoms with Crippen LogP contribution in [0.1, 0.15) is 27.0 Å². The van der Waals surface area contributed by atoms with E-state index in [4.69, 9.17) is 9.72 Å². The maximum Gasteiger partial charge on any atom is 0.260 e. The lowest BCUT2D eigenvalue weighted by Crippen LogP contribution is -2.43. The van der Waals surface area contributed by atoms with Crippen LogP contribution in [0.5, 0.6) is 0 Å². The molecule has 1 fully saturated rings. The van der Waals surface area contributed by atoms with Gasteiger partial charge in [-0.1, -0.05) is 41.2 Å². The lowest BCUT2D eigenvalue weighted by atomic mass is 10.1. The van der Waals surface area contributed by atoms with Crippen LogP contribution in [-0.2, 0) is 4.74 Å². The molecule has 5 nitrogen and oxygen atoms in total. The van der Waals surface area contributed by atoms with Crippen LogP contribution in [-0.4, -0.2) is 55.2 Å². The van der Waals surface area contributed by atoms with Crippen molar-refractivity contribution in [2.45, 2.75) is 20.8 Å². The molecule has 1 amide bonds. The number of fused-ring (bicyclic) bond motifs is 1. The molecule has 0 N–H and O–H groups in total. The minimum Gasteiger partial charge on any atom is -0.379 e. The largest absolute Gasteiger partial charge is 0.379 e. The average Bonchev–Trinajstić information content (AvgIpc) is 3.19. The van der Waals surface area contributed by atoms with Gasteiger partial charge in [0.1, 0.15) is 0 Å². The number of aryl methyl sites for hydroxylation is 3. The first kappa shape index (κ1) is 20.0. The topological polar surface area (TPSA) is 45.7 Å². The summed E-state index contributed by atoms with van der Waals surface area (Å²) in [6.07, 6.45) is 0. The number of morpholine rings is 1. The Bertz CT molecular complexity index is 968. The first-order chi connectivity index (χ1) is 14.0. The highest BCUT2D eigenvalue weighted by Crippen LogP contribution is 2.33. The lowest BCUT2D eigenvalue weighted by Gasteiger charge is -2.29. The number of amides is 1. The molecule has 29 heavy (non-hydrogen) atoms. The molecular formula is C23H27N3O2S. The summed E-state index contributed by atoms with van der Waals surface area (Å²) >= 11 is 1.61. The van der Waals surface area contributed by atoms with Gasteiger partial charge in [0.15, 0.2) is 5.13 Å². The summed E-state index contributed by atoms with van der Waals surface area (Å²) in [4.78, 5) is 22.5. The van der Waals surface area contributed by atoms with E-state index in [0.717, 1.165) is 59.3 Å². The van der Waals surface area contributed by atoms with Crippen molar-refractivity contribution in [1.29, 1.82) is 0 Å². The molecule has 2 aromatic carbocycles. The van der Waals surface area contributed by atoms with Crippen LogP contribution in [0, 0.1) is 20.8 Å². The third kappa shape index (κ3) is 4.34. The van der Waals surface area contributed by atoms with Crippen molar-refractivity contribution >= 4 is 32.6 Å². The zero-order valence-corrected chi connectivity index (χ0v) is 18.1. The van der Waals surface area contributed by atoms with Crippen molar-refractivity contribution in [1.82, 2.24) is 9.88 Å². The second-order valence-electron chi connectivity index (χ2n) is 7.65. The predicted octanol–water partition coefficient (Wildman–Crippen LogP) is 4.20. The van der Waals surface area contributed by atoms with Crippen LogP contribution in [0.3, 0.4) is 0 Å². The van der Waals surface area contributed by atoms with E-state index < -0.39 is 0 Å². The third-order valence-electron chi connectivity index (χ3n) is 5.45. The molecule has 0 unspecified atom stereocenters. The molecule has 0 radical (unpaired) electrons. The van der Waals surface area contributed by atoms with Crippen LogP contribution in [0.25, 0.3) is 10.2 Å². The van der Waals surface area contributed by atoms with E-state index >= 15 is 0 Å². The molecule has 2 heterocycles. The molecule has 0 aliphatic carbocycles. The van der Waals surface area contributed by atoms with E-state index in [1.807, 2.05) is 36.1 Å². The van der Waals surface area contributed by atoms with Gasteiger partial charge in [0.2, 0.25) is 0 Å². The highest BCUT2D eigenvalue weighted by Gasteiger charge is 2.23. The SMILES string of the molecule is Cc1ccc(C(=O)N(CCN2CCOCC2)c2nc3c(C)ccc(C)c3s2)cc1. The maximum absolute atomic E-state index is 13.4. The van der Waals surface area contributed by atoms with E-state index in [1.54, 1.807) is 11.3 Å². The number of rotatable bonds is 5. The van der Waals surface area contributed by atoms with Gasteiger partial charge in [-0.2, -0.15) is 0 Å². The van der Waals surface area contributed by atoms with Gasteiger partial charge in [0.05, 0.1) is 23.4 Å². The van der Waals surface area contributed by atoms with E-state index in [9.17, 15) is 4.79 Å². The molecule has 1 aromatic heterocycles. The number of aromatic nitrogens is 1. The Morgan fingerprint density at radius 2 is 1.76 bits per heavy atom. The zero-order chi connectivity index (χ0) is 20.4. The second-order valence-corrected chi connectivity index (χ2v) is 8.63. The van der Waals surface area contributed by atoms with Crippen LogP contribution in [0.4, 0.5) is 5.13 Å². The standard InChI is InChI=1S/C23H27N3O2S/c1-16-4-8-19(9-5-16)22(27)26(11-10-25-12-14-28-15-13-25)23-24-20-17(2)6-7-18(3)21(20)29-23/h4-9H,10-15H2,1-3H3. The number of carbonyl (C=O) groups is 1. The quantitative estimate of drug-likeness (QED) is 0.634. The van der Waals surface area contributed by atoms with Gasteiger partial charge in [-0.05, 0) is 44.0 Å². The van der Waals surface area contributed by atoms with Crippen LogP contribution in [0.2, 0.25) is 0 Å². The fraction of sp³-hybridized carbons (Fsp3) is 0.391. The van der Waals surface area contributed by atoms with Crippen LogP contribution >= 0.6 is 11.3 Å². The van der Waals surface area contributed by atoms with Crippen molar-refractivity contribution < 1.29 is 9.53 Å². The Morgan fingerprint density at radius 1 is 1.07 bits per heavy atom. The summed E-state index contributed by atoms with van der Waals surface area (Å²) in [6.45, 7) is 11.0. The number of nitrogens with zero attached hydrogens (tertiary/aromatic N) is 3. The summed E-state index contributed by atoms with van der Waals surface area (Å²) in [7, 11) is 0. The number of hydrogen-bond acceptors (Lipinski definition) is 5. The minimum atomic E-state index is 0.00706. The number of hydrogen-bond donors (Lipinski definition) is 0. The lowest BCUT2D eigenvalue weighted by molar-refractivity contribution is 0.0391. The molecule has 152 valence electrons. The molecule has 0 spiro atoms. The summed E-state index contributed by atoms with van der Waals surface area (Å²) in [6, 6.07) is 12.0. The van der Waals surface area contributed by atoms with Gasteiger partial charge in [0.25, 0.3) is 5.91 Å². The maximum atomic E-state index is 13.4. The Hall–Kier alpha value is -2.28. The number of carbonyl (C=O) groups excluding carboxylic acids is 1. The van der Waals surface area contributed by atoms with E-state index in [-0.39, 0.29) is 5.91 Å². The number of anilines is 1. The zero-order valence-electron chi connectivity index (χ0n) is 17.3. The summed E-state index contributed by atoms with van der Waals surface area (Å²) < 4.78 is 6.61. The van der Waals surface area contributed by atoms with Gasteiger partial charge >= 0.3 is 0 Å². The summed E-state index contributed by atoms with van der Waals surface area (Å²) in [5, 5.41) is 0.774. The van der Waals surface area contributed by atoms with E-state index in [2.05, 4.69) is 30.9 Å². The molecule has 0 bridgehead atoms.